The molecular weight excluding hydrogens is 270 g/mol. The van der Waals surface area contributed by atoms with Gasteiger partial charge >= 0.3 is 6.03 Å². The molecule has 1 aliphatic carbocycles. The SMILES string of the molecule is CNC(=O)NC(=O)[C@H](C)N(C)Cc1ccc([C@@H]2C[C@@H]2C)o1. The Morgan fingerprint density at radius 3 is 2.71 bits per heavy atom. The third-order valence-electron chi connectivity index (χ3n) is 4.07. The summed E-state index contributed by atoms with van der Waals surface area (Å²) in [6.45, 7) is 4.50. The number of nitrogens with zero attached hydrogens (tertiary/aromatic N) is 1. The van der Waals surface area contributed by atoms with Gasteiger partial charge in [-0.3, -0.25) is 15.0 Å². The van der Waals surface area contributed by atoms with E-state index in [0.717, 1.165) is 11.5 Å². The highest BCUT2D eigenvalue weighted by Gasteiger charge is 2.36. The Balaban J connectivity index is 1.88. The van der Waals surface area contributed by atoms with Gasteiger partial charge in [0, 0.05) is 13.0 Å². The maximum absolute atomic E-state index is 11.9. The van der Waals surface area contributed by atoms with Gasteiger partial charge in [0.1, 0.15) is 11.5 Å². The van der Waals surface area contributed by atoms with E-state index in [2.05, 4.69) is 17.6 Å². The number of amides is 3. The van der Waals surface area contributed by atoms with Crippen LogP contribution >= 0.6 is 0 Å². The summed E-state index contributed by atoms with van der Waals surface area (Å²) in [5, 5.41) is 4.63. The van der Waals surface area contributed by atoms with E-state index >= 15 is 0 Å². The van der Waals surface area contributed by atoms with Crippen LogP contribution < -0.4 is 10.6 Å². The van der Waals surface area contributed by atoms with Gasteiger partial charge in [0.05, 0.1) is 12.6 Å². The molecular formula is C15H23N3O3. The van der Waals surface area contributed by atoms with Gasteiger partial charge in [-0.25, -0.2) is 4.79 Å². The largest absolute Gasteiger partial charge is 0.464 e. The lowest BCUT2D eigenvalue weighted by molar-refractivity contribution is -0.124. The Morgan fingerprint density at radius 2 is 2.14 bits per heavy atom. The van der Waals surface area contributed by atoms with Crippen molar-refractivity contribution in [2.24, 2.45) is 5.92 Å². The minimum atomic E-state index is -0.497. The highest BCUT2D eigenvalue weighted by atomic mass is 16.3. The zero-order valence-electron chi connectivity index (χ0n) is 13.0. The molecule has 1 heterocycles. The number of hydrogen-bond donors (Lipinski definition) is 2. The Morgan fingerprint density at radius 1 is 1.48 bits per heavy atom. The van der Waals surface area contributed by atoms with Crippen molar-refractivity contribution in [3.8, 4) is 0 Å². The van der Waals surface area contributed by atoms with E-state index in [1.165, 1.54) is 13.5 Å². The lowest BCUT2D eigenvalue weighted by Crippen LogP contribution is -2.47. The van der Waals surface area contributed by atoms with Crippen LogP contribution in [0.25, 0.3) is 0 Å². The van der Waals surface area contributed by atoms with Crippen molar-refractivity contribution < 1.29 is 14.0 Å². The fourth-order valence-corrected chi connectivity index (χ4v) is 2.26. The Hall–Kier alpha value is -1.82. The van der Waals surface area contributed by atoms with Gasteiger partial charge in [0.2, 0.25) is 5.91 Å². The van der Waals surface area contributed by atoms with Crippen molar-refractivity contribution >= 4 is 11.9 Å². The molecule has 116 valence electrons. The van der Waals surface area contributed by atoms with E-state index in [4.69, 9.17) is 4.42 Å². The van der Waals surface area contributed by atoms with E-state index in [1.807, 2.05) is 24.1 Å². The summed E-state index contributed by atoms with van der Waals surface area (Å²) < 4.78 is 5.83. The predicted molar refractivity (Wildman–Crippen MR) is 78.8 cm³/mol. The third-order valence-corrected chi connectivity index (χ3v) is 4.07. The fourth-order valence-electron chi connectivity index (χ4n) is 2.26. The molecule has 0 spiro atoms. The molecule has 0 bridgehead atoms. The summed E-state index contributed by atoms with van der Waals surface area (Å²) in [4.78, 5) is 24.9. The number of likely N-dealkylation sites (N-methyl/N-ethyl adjacent to an activating group) is 1. The summed E-state index contributed by atoms with van der Waals surface area (Å²) in [5.74, 6) is 2.80. The molecule has 1 saturated carbocycles. The smallest absolute Gasteiger partial charge is 0.321 e. The molecule has 1 aromatic heterocycles. The molecule has 1 aliphatic rings. The first-order valence-electron chi connectivity index (χ1n) is 7.23. The van der Waals surface area contributed by atoms with Gasteiger partial charge in [-0.1, -0.05) is 6.92 Å². The van der Waals surface area contributed by atoms with Crippen molar-refractivity contribution in [1.29, 1.82) is 0 Å². The number of furan rings is 1. The lowest BCUT2D eigenvalue weighted by Gasteiger charge is -2.22. The lowest BCUT2D eigenvalue weighted by atomic mass is 10.2. The summed E-state index contributed by atoms with van der Waals surface area (Å²) in [6.07, 6.45) is 1.19. The molecule has 3 atom stereocenters. The molecule has 3 amide bonds. The van der Waals surface area contributed by atoms with Crippen LogP contribution in [0.5, 0.6) is 0 Å². The number of carbonyl (C=O) groups is 2. The van der Waals surface area contributed by atoms with Gasteiger partial charge in [-0.05, 0) is 38.4 Å². The van der Waals surface area contributed by atoms with Crippen LogP contribution in [0.1, 0.15) is 37.7 Å². The third kappa shape index (κ3) is 3.85. The zero-order chi connectivity index (χ0) is 15.6. The Labute approximate surface area is 124 Å². The number of imide groups is 1. The Bertz CT molecular complexity index is 526. The van der Waals surface area contributed by atoms with Gasteiger partial charge in [-0.15, -0.1) is 0 Å². The van der Waals surface area contributed by atoms with Gasteiger partial charge in [0.25, 0.3) is 0 Å². The minimum Gasteiger partial charge on any atom is -0.464 e. The van der Waals surface area contributed by atoms with Crippen LogP contribution in [-0.4, -0.2) is 37.0 Å². The van der Waals surface area contributed by atoms with Crippen LogP contribution in [0, 0.1) is 5.92 Å². The topological polar surface area (TPSA) is 74.6 Å². The quantitative estimate of drug-likeness (QED) is 0.866. The molecule has 1 fully saturated rings. The molecule has 0 unspecified atom stereocenters. The maximum Gasteiger partial charge on any atom is 0.321 e. The number of urea groups is 1. The molecule has 0 aromatic carbocycles. The minimum absolute atomic E-state index is 0.334. The van der Waals surface area contributed by atoms with Gasteiger partial charge < -0.3 is 9.73 Å². The van der Waals surface area contributed by atoms with Crippen LogP contribution in [-0.2, 0) is 11.3 Å². The highest BCUT2D eigenvalue weighted by Crippen LogP contribution is 2.47. The average Bonchev–Trinajstić information content (AvgIpc) is 3.00. The highest BCUT2D eigenvalue weighted by molar-refractivity contribution is 5.96. The van der Waals surface area contributed by atoms with Crippen molar-refractivity contribution in [1.82, 2.24) is 15.5 Å². The molecule has 1 aromatic rings. The molecule has 6 nitrogen and oxygen atoms in total. The number of carbonyl (C=O) groups excluding carboxylic acids is 2. The first-order chi connectivity index (χ1) is 9.92. The molecule has 2 N–H and O–H groups in total. The van der Waals surface area contributed by atoms with Gasteiger partial charge in [-0.2, -0.15) is 0 Å². The normalized spacial score (nSPS) is 22.0. The van der Waals surface area contributed by atoms with E-state index in [0.29, 0.717) is 18.4 Å². The molecule has 2 rings (SSSR count). The summed E-state index contributed by atoms with van der Waals surface area (Å²) in [7, 11) is 3.30. The van der Waals surface area contributed by atoms with Crippen molar-refractivity contribution in [2.75, 3.05) is 14.1 Å². The van der Waals surface area contributed by atoms with E-state index in [9.17, 15) is 9.59 Å². The van der Waals surface area contributed by atoms with E-state index in [1.54, 1.807) is 6.92 Å². The average molecular weight is 293 g/mol. The summed E-state index contributed by atoms with van der Waals surface area (Å²) >= 11 is 0. The first kappa shape index (κ1) is 15.6. The van der Waals surface area contributed by atoms with Crippen LogP contribution in [0.4, 0.5) is 4.79 Å². The standard InChI is InChI=1S/C15H23N3O3/c1-9-7-12(9)13-6-5-11(21-13)8-18(4)10(2)14(19)17-15(20)16-3/h5-6,9-10,12H,7-8H2,1-4H3,(H2,16,17,19,20)/t9-,10-,12+/m0/s1. The summed E-state index contributed by atoms with van der Waals surface area (Å²) in [5.41, 5.74) is 0. The van der Waals surface area contributed by atoms with Crippen molar-refractivity contribution in [3.05, 3.63) is 23.7 Å². The second kappa shape index (κ2) is 6.30. The first-order valence-corrected chi connectivity index (χ1v) is 7.23. The fraction of sp³-hybridized carbons (Fsp3) is 0.600. The second-order valence-corrected chi connectivity index (χ2v) is 5.78. The number of rotatable bonds is 5. The second-order valence-electron chi connectivity index (χ2n) is 5.78. The number of nitrogens with one attached hydrogen (secondary N) is 2. The van der Waals surface area contributed by atoms with Crippen LogP contribution in [0.3, 0.4) is 0 Å². The molecule has 0 aliphatic heterocycles. The van der Waals surface area contributed by atoms with Crippen LogP contribution in [0.2, 0.25) is 0 Å². The predicted octanol–water partition coefficient (Wildman–Crippen LogP) is 1.68. The number of hydrogen-bond acceptors (Lipinski definition) is 4. The molecule has 0 saturated heterocycles. The van der Waals surface area contributed by atoms with E-state index in [-0.39, 0.29) is 5.91 Å². The zero-order valence-corrected chi connectivity index (χ0v) is 13.0. The van der Waals surface area contributed by atoms with Crippen LogP contribution in [0.15, 0.2) is 16.5 Å². The summed E-state index contributed by atoms with van der Waals surface area (Å²) in [6, 6.07) is 3.06. The maximum atomic E-state index is 11.9. The molecule has 0 radical (unpaired) electrons. The van der Waals surface area contributed by atoms with Crippen molar-refractivity contribution in [3.63, 3.8) is 0 Å². The molecule has 6 heteroatoms. The van der Waals surface area contributed by atoms with Gasteiger partial charge in [0.15, 0.2) is 0 Å². The monoisotopic (exact) mass is 293 g/mol. The molecule has 21 heavy (non-hydrogen) atoms. The van der Waals surface area contributed by atoms with E-state index < -0.39 is 12.1 Å². The Kier molecular flexibility index (Phi) is 4.67. The van der Waals surface area contributed by atoms with Crippen molar-refractivity contribution in [2.45, 2.75) is 38.8 Å².